The number of nitrogens with zero attached hydrogens (tertiary/aromatic N) is 2. The molecule has 1 fully saturated rings. The van der Waals surface area contributed by atoms with Gasteiger partial charge in [0.2, 0.25) is 0 Å². The van der Waals surface area contributed by atoms with Crippen LogP contribution in [0.5, 0.6) is 5.75 Å². The van der Waals surface area contributed by atoms with Crippen molar-refractivity contribution in [1.29, 1.82) is 0 Å². The Bertz CT molecular complexity index is 807. The van der Waals surface area contributed by atoms with Crippen LogP contribution < -0.4 is 4.74 Å². The quantitative estimate of drug-likeness (QED) is 0.816. The number of imide groups is 1. The van der Waals surface area contributed by atoms with E-state index >= 15 is 0 Å². The number of benzene rings is 1. The van der Waals surface area contributed by atoms with Gasteiger partial charge < -0.3 is 9.30 Å². The lowest BCUT2D eigenvalue weighted by Crippen LogP contribution is -2.27. The van der Waals surface area contributed by atoms with Gasteiger partial charge in [0.25, 0.3) is 11.1 Å². The first-order valence-electron chi connectivity index (χ1n) is 6.93. The van der Waals surface area contributed by atoms with Crippen LogP contribution in [0.1, 0.15) is 12.5 Å². The molecule has 6 heteroatoms. The minimum atomic E-state index is -0.225. The van der Waals surface area contributed by atoms with E-state index < -0.39 is 0 Å². The minimum absolute atomic E-state index is 0.212. The molecule has 2 aromatic rings. The fourth-order valence-electron chi connectivity index (χ4n) is 2.56. The number of methoxy groups -OCH3 is 1. The minimum Gasteiger partial charge on any atom is -0.497 e. The number of aryl methyl sites for hydroxylation is 1. The van der Waals surface area contributed by atoms with Crippen molar-refractivity contribution >= 4 is 39.9 Å². The number of amides is 2. The van der Waals surface area contributed by atoms with Gasteiger partial charge in [-0.25, -0.2) is 0 Å². The molecule has 1 aliphatic heterocycles. The van der Waals surface area contributed by atoms with Gasteiger partial charge in [0, 0.05) is 36.3 Å². The normalized spacial score (nSPS) is 17.0. The summed E-state index contributed by atoms with van der Waals surface area (Å²) in [6.07, 6.45) is 3.73. The van der Waals surface area contributed by atoms with Crippen LogP contribution in [0.25, 0.3) is 17.0 Å². The van der Waals surface area contributed by atoms with Crippen LogP contribution in [0.3, 0.4) is 0 Å². The molecule has 0 N–H and O–H groups in total. The topological polar surface area (TPSA) is 51.5 Å². The van der Waals surface area contributed by atoms with Crippen molar-refractivity contribution in [2.24, 2.45) is 7.05 Å². The SMILES string of the molecule is CCN1C(=O)S/C(=C/c2cn(C)c3ccc(OC)cc23)C1=O. The lowest BCUT2D eigenvalue weighted by molar-refractivity contribution is -0.122. The van der Waals surface area contributed by atoms with Crippen molar-refractivity contribution in [1.82, 2.24) is 9.47 Å². The van der Waals surface area contributed by atoms with E-state index in [4.69, 9.17) is 4.74 Å². The predicted octanol–water partition coefficient (Wildman–Crippen LogP) is 3.24. The molecule has 1 aromatic carbocycles. The summed E-state index contributed by atoms with van der Waals surface area (Å²) in [5.41, 5.74) is 1.94. The van der Waals surface area contributed by atoms with E-state index in [2.05, 4.69) is 0 Å². The number of ether oxygens (including phenoxy) is 1. The number of hydrogen-bond donors (Lipinski definition) is 0. The highest BCUT2D eigenvalue weighted by Gasteiger charge is 2.33. The molecule has 1 aliphatic rings. The molecule has 2 amide bonds. The Morgan fingerprint density at radius 1 is 1.32 bits per heavy atom. The molecule has 1 aromatic heterocycles. The summed E-state index contributed by atoms with van der Waals surface area (Å²) in [5, 5.41) is 0.779. The molecule has 0 bridgehead atoms. The van der Waals surface area contributed by atoms with Gasteiger partial charge in [-0.2, -0.15) is 0 Å². The highest BCUT2D eigenvalue weighted by atomic mass is 32.2. The van der Waals surface area contributed by atoms with E-state index in [1.165, 1.54) is 4.90 Å². The Morgan fingerprint density at radius 2 is 2.09 bits per heavy atom. The van der Waals surface area contributed by atoms with Crippen molar-refractivity contribution in [2.75, 3.05) is 13.7 Å². The van der Waals surface area contributed by atoms with E-state index in [-0.39, 0.29) is 11.1 Å². The van der Waals surface area contributed by atoms with Gasteiger partial charge in [0.05, 0.1) is 12.0 Å². The van der Waals surface area contributed by atoms with E-state index in [0.717, 1.165) is 34.0 Å². The van der Waals surface area contributed by atoms with E-state index in [9.17, 15) is 9.59 Å². The molecule has 0 saturated carbocycles. The third-order valence-electron chi connectivity index (χ3n) is 3.70. The molecule has 0 unspecified atom stereocenters. The molecule has 5 nitrogen and oxygen atoms in total. The van der Waals surface area contributed by atoms with Crippen molar-refractivity contribution in [3.63, 3.8) is 0 Å². The van der Waals surface area contributed by atoms with Crippen LogP contribution in [0, 0.1) is 0 Å². The molecule has 0 aliphatic carbocycles. The average Bonchev–Trinajstić information content (AvgIpc) is 2.96. The maximum atomic E-state index is 12.2. The van der Waals surface area contributed by atoms with Crippen LogP contribution >= 0.6 is 11.8 Å². The largest absolute Gasteiger partial charge is 0.497 e. The van der Waals surface area contributed by atoms with Gasteiger partial charge in [0.15, 0.2) is 0 Å². The second-order valence-electron chi connectivity index (χ2n) is 5.00. The van der Waals surface area contributed by atoms with Gasteiger partial charge in [-0.3, -0.25) is 14.5 Å². The van der Waals surface area contributed by atoms with Gasteiger partial charge in [-0.1, -0.05) is 0 Å². The van der Waals surface area contributed by atoms with Crippen LogP contribution in [-0.2, 0) is 11.8 Å². The summed E-state index contributed by atoms with van der Waals surface area (Å²) in [6.45, 7) is 2.19. The first-order chi connectivity index (χ1) is 10.5. The van der Waals surface area contributed by atoms with Crippen molar-refractivity contribution in [3.8, 4) is 5.75 Å². The van der Waals surface area contributed by atoms with Crippen LogP contribution in [-0.4, -0.2) is 34.3 Å². The zero-order valence-corrected chi connectivity index (χ0v) is 13.4. The Balaban J connectivity index is 2.09. The maximum Gasteiger partial charge on any atom is 0.293 e. The number of fused-ring (bicyclic) bond motifs is 1. The Kier molecular flexibility index (Phi) is 3.70. The lowest BCUT2D eigenvalue weighted by atomic mass is 10.1. The van der Waals surface area contributed by atoms with Gasteiger partial charge in [-0.05, 0) is 43.0 Å². The fraction of sp³-hybridized carbons (Fsp3) is 0.250. The molecule has 0 spiro atoms. The summed E-state index contributed by atoms with van der Waals surface area (Å²) in [4.78, 5) is 25.7. The molecule has 22 heavy (non-hydrogen) atoms. The Hall–Kier alpha value is -2.21. The van der Waals surface area contributed by atoms with E-state index in [0.29, 0.717) is 11.4 Å². The van der Waals surface area contributed by atoms with Crippen molar-refractivity contribution in [2.45, 2.75) is 6.92 Å². The van der Waals surface area contributed by atoms with Crippen molar-refractivity contribution < 1.29 is 14.3 Å². The molecule has 114 valence electrons. The second-order valence-corrected chi connectivity index (χ2v) is 6.00. The highest BCUT2D eigenvalue weighted by molar-refractivity contribution is 8.18. The fourth-order valence-corrected chi connectivity index (χ4v) is 3.45. The van der Waals surface area contributed by atoms with Gasteiger partial charge >= 0.3 is 0 Å². The molecular formula is C16H16N2O3S. The summed E-state index contributed by atoms with van der Waals surface area (Å²) in [5.74, 6) is 0.535. The van der Waals surface area contributed by atoms with E-state index in [1.807, 2.05) is 36.0 Å². The van der Waals surface area contributed by atoms with Crippen LogP contribution in [0.4, 0.5) is 4.79 Å². The van der Waals surface area contributed by atoms with Crippen molar-refractivity contribution in [3.05, 3.63) is 34.9 Å². The van der Waals surface area contributed by atoms with Crippen LogP contribution in [0.2, 0.25) is 0 Å². The summed E-state index contributed by atoms with van der Waals surface area (Å²) >= 11 is 0.987. The Labute approximate surface area is 132 Å². The zero-order chi connectivity index (χ0) is 15.9. The number of aromatic nitrogens is 1. The average molecular weight is 316 g/mol. The molecule has 1 saturated heterocycles. The monoisotopic (exact) mass is 316 g/mol. The summed E-state index contributed by atoms with van der Waals surface area (Å²) in [6, 6.07) is 5.81. The third-order valence-corrected chi connectivity index (χ3v) is 4.61. The third kappa shape index (κ3) is 2.29. The van der Waals surface area contributed by atoms with E-state index in [1.54, 1.807) is 20.1 Å². The first kappa shape index (κ1) is 14.7. The molecule has 2 heterocycles. The number of carbonyl (C=O) groups excluding carboxylic acids is 2. The molecular weight excluding hydrogens is 300 g/mol. The van der Waals surface area contributed by atoms with Crippen LogP contribution in [0.15, 0.2) is 29.3 Å². The number of hydrogen-bond acceptors (Lipinski definition) is 4. The maximum absolute atomic E-state index is 12.2. The smallest absolute Gasteiger partial charge is 0.293 e. The first-order valence-corrected chi connectivity index (χ1v) is 7.75. The lowest BCUT2D eigenvalue weighted by Gasteiger charge is -2.06. The van der Waals surface area contributed by atoms with Gasteiger partial charge in [-0.15, -0.1) is 0 Å². The molecule has 0 radical (unpaired) electrons. The summed E-state index contributed by atoms with van der Waals surface area (Å²) in [7, 11) is 3.57. The predicted molar refractivity (Wildman–Crippen MR) is 87.8 cm³/mol. The second kappa shape index (κ2) is 5.53. The zero-order valence-electron chi connectivity index (χ0n) is 12.6. The summed E-state index contributed by atoms with van der Waals surface area (Å²) < 4.78 is 7.26. The standard InChI is InChI=1S/C16H16N2O3S/c1-4-18-15(19)14(22-16(18)20)7-10-9-17(2)13-6-5-11(21-3)8-12(10)13/h5-9H,4H2,1-3H3/b14-7+. The number of carbonyl (C=O) groups is 2. The van der Waals surface area contributed by atoms with Gasteiger partial charge in [0.1, 0.15) is 5.75 Å². The number of thioether (sulfide) groups is 1. The number of likely N-dealkylation sites (N-methyl/N-ethyl adjacent to an activating group) is 1. The Morgan fingerprint density at radius 3 is 2.73 bits per heavy atom. The highest BCUT2D eigenvalue weighted by Crippen LogP contribution is 2.34. The molecule has 0 atom stereocenters. The molecule has 3 rings (SSSR count). The number of rotatable bonds is 3.